The lowest BCUT2D eigenvalue weighted by Crippen LogP contribution is -2.25. The minimum absolute atomic E-state index is 0.0872. The number of hydrogen-bond donors (Lipinski definition) is 0. The predicted octanol–water partition coefficient (Wildman–Crippen LogP) is 4.04. The van der Waals surface area contributed by atoms with Crippen LogP contribution in [0.3, 0.4) is 0 Å². The van der Waals surface area contributed by atoms with E-state index in [1.165, 1.54) is 0 Å². The first-order chi connectivity index (χ1) is 11.2. The smallest absolute Gasteiger partial charge is 0.258 e. The lowest BCUT2D eigenvalue weighted by Gasteiger charge is -2.17. The van der Waals surface area contributed by atoms with Crippen LogP contribution in [0.25, 0.3) is 11.3 Å². The first-order valence-corrected chi connectivity index (χ1v) is 7.17. The summed E-state index contributed by atoms with van der Waals surface area (Å²) in [6.07, 6.45) is 0.663. The summed E-state index contributed by atoms with van der Waals surface area (Å²) in [5, 5.41) is 0. The van der Waals surface area contributed by atoms with Crippen LogP contribution in [0.5, 0.6) is 0 Å². The third kappa shape index (κ3) is 3.06. The lowest BCUT2D eigenvalue weighted by molar-refractivity contribution is 0.0992. The van der Waals surface area contributed by atoms with Gasteiger partial charge in [0.1, 0.15) is 5.76 Å². The van der Waals surface area contributed by atoms with E-state index in [2.05, 4.69) is 0 Å². The Balaban J connectivity index is 1.81. The molecule has 0 saturated heterocycles. The summed E-state index contributed by atoms with van der Waals surface area (Å²) in [6.45, 7) is 0. The maximum Gasteiger partial charge on any atom is 0.258 e. The van der Waals surface area contributed by atoms with Gasteiger partial charge in [-0.3, -0.25) is 9.59 Å². The number of carbonyl (C=O) groups excluding carboxylic acids is 2. The number of benzene rings is 2. The van der Waals surface area contributed by atoms with Crippen molar-refractivity contribution in [3.05, 3.63) is 78.1 Å². The number of aldehydes is 1. The van der Waals surface area contributed by atoms with Gasteiger partial charge in [-0.1, -0.05) is 30.3 Å². The summed E-state index contributed by atoms with van der Waals surface area (Å²) < 4.78 is 5.37. The van der Waals surface area contributed by atoms with Gasteiger partial charge >= 0.3 is 0 Å². The van der Waals surface area contributed by atoms with Crippen molar-refractivity contribution in [1.82, 2.24) is 0 Å². The second kappa shape index (κ2) is 6.32. The molecule has 3 aromatic rings. The average molecular weight is 305 g/mol. The number of amides is 1. The summed E-state index contributed by atoms with van der Waals surface area (Å²) in [6, 6.07) is 19.9. The fraction of sp³-hybridized carbons (Fsp3) is 0.0526. The summed E-state index contributed by atoms with van der Waals surface area (Å²) in [5.41, 5.74) is 2.24. The Morgan fingerprint density at radius 3 is 2.26 bits per heavy atom. The van der Waals surface area contributed by atoms with Crippen molar-refractivity contribution in [3.63, 3.8) is 0 Å². The number of para-hydroxylation sites is 1. The van der Waals surface area contributed by atoms with Gasteiger partial charge in [-0.05, 0) is 36.4 Å². The summed E-state index contributed by atoms with van der Waals surface area (Å²) in [7, 11) is 1.74. The first-order valence-electron chi connectivity index (χ1n) is 7.17. The van der Waals surface area contributed by atoms with Crippen LogP contribution in [0.4, 0.5) is 5.69 Å². The SMILES string of the molecule is CN(C(=O)c1ccc(-c2ccc(C=O)o2)cc1)c1ccccc1. The van der Waals surface area contributed by atoms with E-state index >= 15 is 0 Å². The Morgan fingerprint density at radius 1 is 0.957 bits per heavy atom. The molecule has 4 heteroatoms. The molecule has 4 nitrogen and oxygen atoms in total. The average Bonchev–Trinajstić information content (AvgIpc) is 3.10. The number of nitrogens with zero attached hydrogens (tertiary/aromatic N) is 1. The molecule has 0 unspecified atom stereocenters. The molecule has 0 aliphatic heterocycles. The van der Waals surface area contributed by atoms with Crippen LogP contribution < -0.4 is 4.90 Å². The normalized spacial score (nSPS) is 10.3. The third-order valence-electron chi connectivity index (χ3n) is 3.61. The molecule has 0 N–H and O–H groups in total. The van der Waals surface area contributed by atoms with Crippen LogP contribution in [0.2, 0.25) is 0 Å². The molecule has 0 aliphatic carbocycles. The number of furan rings is 1. The van der Waals surface area contributed by atoms with Gasteiger partial charge in [-0.2, -0.15) is 0 Å². The zero-order valence-corrected chi connectivity index (χ0v) is 12.6. The fourth-order valence-corrected chi connectivity index (χ4v) is 2.31. The molecule has 3 rings (SSSR count). The second-order valence-corrected chi connectivity index (χ2v) is 5.10. The summed E-state index contributed by atoms with van der Waals surface area (Å²) in [5.74, 6) is 0.794. The molecule has 1 heterocycles. The lowest BCUT2D eigenvalue weighted by atomic mass is 10.1. The van der Waals surface area contributed by atoms with Crippen molar-refractivity contribution in [1.29, 1.82) is 0 Å². The first kappa shape index (κ1) is 14.8. The van der Waals surface area contributed by atoms with Crippen molar-refractivity contribution in [2.24, 2.45) is 0 Å². The number of carbonyl (C=O) groups is 2. The van der Waals surface area contributed by atoms with Gasteiger partial charge in [-0.15, -0.1) is 0 Å². The van der Waals surface area contributed by atoms with E-state index in [1.807, 2.05) is 30.3 Å². The highest BCUT2D eigenvalue weighted by molar-refractivity contribution is 6.05. The maximum atomic E-state index is 12.5. The van der Waals surface area contributed by atoms with Gasteiger partial charge in [0.05, 0.1) is 0 Å². The molecule has 2 aromatic carbocycles. The topological polar surface area (TPSA) is 50.5 Å². The van der Waals surface area contributed by atoms with Crippen LogP contribution in [-0.4, -0.2) is 19.2 Å². The molecule has 0 atom stereocenters. The van der Waals surface area contributed by atoms with E-state index in [0.29, 0.717) is 17.6 Å². The molecule has 1 aromatic heterocycles. The maximum absolute atomic E-state index is 12.5. The van der Waals surface area contributed by atoms with Crippen molar-refractivity contribution in [2.45, 2.75) is 0 Å². The predicted molar refractivity (Wildman–Crippen MR) is 88.7 cm³/mol. The van der Waals surface area contributed by atoms with Crippen molar-refractivity contribution >= 4 is 17.9 Å². The minimum atomic E-state index is -0.0872. The highest BCUT2D eigenvalue weighted by atomic mass is 16.3. The highest BCUT2D eigenvalue weighted by Crippen LogP contribution is 2.23. The molecule has 0 fully saturated rings. The molecule has 0 radical (unpaired) electrons. The Morgan fingerprint density at radius 2 is 1.65 bits per heavy atom. The number of anilines is 1. The molecule has 23 heavy (non-hydrogen) atoms. The van der Waals surface area contributed by atoms with Crippen LogP contribution in [-0.2, 0) is 0 Å². The van der Waals surface area contributed by atoms with E-state index < -0.39 is 0 Å². The molecule has 1 amide bonds. The van der Waals surface area contributed by atoms with Crippen molar-refractivity contribution in [3.8, 4) is 11.3 Å². The molecule has 114 valence electrons. The van der Waals surface area contributed by atoms with Gasteiger partial charge in [0, 0.05) is 23.9 Å². The monoisotopic (exact) mass is 305 g/mol. The van der Waals surface area contributed by atoms with Crippen molar-refractivity contribution in [2.75, 3.05) is 11.9 Å². The fourth-order valence-electron chi connectivity index (χ4n) is 2.31. The zero-order chi connectivity index (χ0) is 16.2. The Labute approximate surface area is 134 Å². The zero-order valence-electron chi connectivity index (χ0n) is 12.6. The van der Waals surface area contributed by atoms with E-state index in [-0.39, 0.29) is 11.7 Å². The van der Waals surface area contributed by atoms with Gasteiger partial charge in [-0.25, -0.2) is 0 Å². The molecule has 0 saturated carbocycles. The van der Waals surface area contributed by atoms with Crippen LogP contribution in [0.15, 0.2) is 71.1 Å². The van der Waals surface area contributed by atoms with Crippen LogP contribution in [0.1, 0.15) is 20.9 Å². The van der Waals surface area contributed by atoms with E-state index in [9.17, 15) is 9.59 Å². The number of hydrogen-bond acceptors (Lipinski definition) is 3. The largest absolute Gasteiger partial charge is 0.453 e. The Hall–Kier alpha value is -3.14. The second-order valence-electron chi connectivity index (χ2n) is 5.10. The van der Waals surface area contributed by atoms with E-state index in [0.717, 1.165) is 11.3 Å². The summed E-state index contributed by atoms with van der Waals surface area (Å²) in [4.78, 5) is 24.8. The molecule has 0 bridgehead atoms. The van der Waals surface area contributed by atoms with E-state index in [4.69, 9.17) is 4.42 Å². The quantitative estimate of drug-likeness (QED) is 0.684. The minimum Gasteiger partial charge on any atom is -0.453 e. The van der Waals surface area contributed by atoms with Gasteiger partial charge in [0.2, 0.25) is 0 Å². The van der Waals surface area contributed by atoms with Gasteiger partial charge in [0.25, 0.3) is 5.91 Å². The Bertz CT molecular complexity index is 819. The Kier molecular flexibility index (Phi) is 4.06. The van der Waals surface area contributed by atoms with Gasteiger partial charge in [0.15, 0.2) is 12.0 Å². The standard InChI is InChI=1S/C19H15NO3/c1-20(16-5-3-2-4-6-16)19(22)15-9-7-14(8-10-15)18-12-11-17(13-21)23-18/h2-13H,1H3. The molecular formula is C19H15NO3. The number of rotatable bonds is 4. The van der Waals surface area contributed by atoms with Crippen LogP contribution >= 0.6 is 0 Å². The third-order valence-corrected chi connectivity index (χ3v) is 3.61. The molecule has 0 aliphatic rings. The van der Waals surface area contributed by atoms with Gasteiger partial charge < -0.3 is 9.32 Å². The van der Waals surface area contributed by atoms with Crippen LogP contribution in [0, 0.1) is 0 Å². The summed E-state index contributed by atoms with van der Waals surface area (Å²) >= 11 is 0. The van der Waals surface area contributed by atoms with E-state index in [1.54, 1.807) is 48.3 Å². The van der Waals surface area contributed by atoms with Crippen molar-refractivity contribution < 1.29 is 14.0 Å². The highest BCUT2D eigenvalue weighted by Gasteiger charge is 2.13. The molecule has 0 spiro atoms. The molecular weight excluding hydrogens is 290 g/mol.